The van der Waals surface area contributed by atoms with Crippen LogP contribution in [0.1, 0.15) is 40.1 Å². The summed E-state index contributed by atoms with van der Waals surface area (Å²) in [7, 11) is 0. The molecule has 0 bridgehead atoms. The second kappa shape index (κ2) is 11.7. The Morgan fingerprint density at radius 3 is 2.36 bits per heavy atom. The van der Waals surface area contributed by atoms with Crippen molar-refractivity contribution in [1.29, 1.82) is 0 Å². The number of hydrogen-bond donors (Lipinski definition) is 1. The minimum Gasteiger partial charge on any atom is -0.494 e. The van der Waals surface area contributed by atoms with Gasteiger partial charge in [0.05, 0.1) is 35.6 Å². The van der Waals surface area contributed by atoms with Crippen LogP contribution >= 0.6 is 11.6 Å². The topological polar surface area (TPSA) is 86.2 Å². The summed E-state index contributed by atoms with van der Waals surface area (Å²) in [4.78, 5) is 24.7. The van der Waals surface area contributed by atoms with E-state index in [0.717, 1.165) is 0 Å². The summed E-state index contributed by atoms with van der Waals surface area (Å²) >= 11 is 6.02. The lowest BCUT2D eigenvalue weighted by Crippen LogP contribution is -2.17. The van der Waals surface area contributed by atoms with Crippen LogP contribution in [-0.2, 0) is 0 Å². The average molecular weight is 467 g/mol. The zero-order valence-corrected chi connectivity index (χ0v) is 19.0. The SMILES string of the molecule is CCOc1ccc(C(=O)Oc2ccc(/C=N\NC(=O)c3ccccc3Cl)cc2OCC)cc1. The van der Waals surface area contributed by atoms with E-state index in [-0.39, 0.29) is 5.75 Å². The summed E-state index contributed by atoms with van der Waals surface area (Å²) < 4.78 is 16.5. The molecule has 1 N–H and O–H groups in total. The van der Waals surface area contributed by atoms with Crippen molar-refractivity contribution in [1.82, 2.24) is 5.43 Å². The highest BCUT2D eigenvalue weighted by atomic mass is 35.5. The molecule has 0 aromatic heterocycles. The number of benzene rings is 3. The van der Waals surface area contributed by atoms with Gasteiger partial charge in [-0.1, -0.05) is 23.7 Å². The van der Waals surface area contributed by atoms with E-state index in [1.807, 2.05) is 13.8 Å². The number of carbonyl (C=O) groups is 2. The number of ether oxygens (including phenoxy) is 3. The maximum atomic E-state index is 12.5. The number of halogens is 1. The molecule has 7 nitrogen and oxygen atoms in total. The molecule has 33 heavy (non-hydrogen) atoms. The van der Waals surface area contributed by atoms with Crippen LogP contribution in [0.5, 0.6) is 17.2 Å². The van der Waals surface area contributed by atoms with Gasteiger partial charge in [0.2, 0.25) is 0 Å². The molecule has 3 aromatic carbocycles. The van der Waals surface area contributed by atoms with Gasteiger partial charge in [-0.3, -0.25) is 4.79 Å². The first-order chi connectivity index (χ1) is 16.0. The molecule has 0 aliphatic heterocycles. The minimum atomic E-state index is -0.521. The van der Waals surface area contributed by atoms with E-state index in [2.05, 4.69) is 10.5 Å². The van der Waals surface area contributed by atoms with Crippen molar-refractivity contribution >= 4 is 29.7 Å². The van der Waals surface area contributed by atoms with Gasteiger partial charge in [0, 0.05) is 0 Å². The molecule has 0 saturated carbocycles. The first-order valence-corrected chi connectivity index (χ1v) is 10.7. The van der Waals surface area contributed by atoms with E-state index in [1.54, 1.807) is 66.7 Å². The monoisotopic (exact) mass is 466 g/mol. The molecule has 0 heterocycles. The third-order valence-corrected chi connectivity index (χ3v) is 4.70. The Morgan fingerprint density at radius 1 is 0.939 bits per heavy atom. The summed E-state index contributed by atoms with van der Waals surface area (Å²) in [5, 5.41) is 4.30. The Labute approximate surface area is 196 Å². The largest absolute Gasteiger partial charge is 0.494 e. The summed E-state index contributed by atoms with van der Waals surface area (Å²) in [6, 6.07) is 18.3. The molecule has 0 unspecified atom stereocenters. The first-order valence-electron chi connectivity index (χ1n) is 10.3. The molecular formula is C25H23ClN2O5. The molecule has 8 heteroatoms. The number of nitrogens with one attached hydrogen (secondary N) is 1. The number of carbonyl (C=O) groups excluding carboxylic acids is 2. The summed E-state index contributed by atoms with van der Waals surface area (Å²) in [6.07, 6.45) is 1.45. The van der Waals surface area contributed by atoms with Gasteiger partial charge in [-0.2, -0.15) is 5.10 Å². The second-order valence-electron chi connectivity index (χ2n) is 6.67. The van der Waals surface area contributed by atoms with Crippen molar-refractivity contribution in [2.75, 3.05) is 13.2 Å². The lowest BCUT2D eigenvalue weighted by Gasteiger charge is -2.11. The standard InChI is InChI=1S/C25H23ClN2O5/c1-3-31-19-12-10-18(11-13-19)25(30)33-22-14-9-17(15-23(22)32-4-2)16-27-28-24(29)20-7-5-6-8-21(20)26/h5-16H,3-4H2,1-2H3,(H,28,29)/b27-16-. The molecule has 3 aromatic rings. The fourth-order valence-corrected chi connectivity index (χ4v) is 3.06. The molecule has 0 aliphatic rings. The van der Waals surface area contributed by atoms with Gasteiger partial charge in [0.25, 0.3) is 5.91 Å². The number of rotatable bonds is 9. The third kappa shape index (κ3) is 6.57. The van der Waals surface area contributed by atoms with Crippen molar-refractivity contribution in [2.45, 2.75) is 13.8 Å². The summed E-state index contributed by atoms with van der Waals surface area (Å²) in [5.74, 6) is 0.371. The zero-order chi connectivity index (χ0) is 23.6. The number of hydrazone groups is 1. The first kappa shape index (κ1) is 23.8. The Hall–Kier alpha value is -3.84. The van der Waals surface area contributed by atoms with Gasteiger partial charge in [-0.25, -0.2) is 10.2 Å². The molecule has 0 saturated heterocycles. The van der Waals surface area contributed by atoms with Crippen LogP contribution in [0.15, 0.2) is 71.8 Å². The Balaban J connectivity index is 1.69. The van der Waals surface area contributed by atoms with Gasteiger partial charge in [-0.05, 0) is 74.0 Å². The van der Waals surface area contributed by atoms with Crippen molar-refractivity contribution in [2.24, 2.45) is 5.10 Å². The molecule has 1 amide bonds. The molecule has 0 fully saturated rings. The number of hydrogen-bond acceptors (Lipinski definition) is 6. The highest BCUT2D eigenvalue weighted by Gasteiger charge is 2.14. The molecule has 0 radical (unpaired) electrons. The maximum Gasteiger partial charge on any atom is 0.343 e. The highest BCUT2D eigenvalue weighted by molar-refractivity contribution is 6.33. The second-order valence-corrected chi connectivity index (χ2v) is 7.07. The Morgan fingerprint density at radius 2 is 1.67 bits per heavy atom. The lowest BCUT2D eigenvalue weighted by atomic mass is 10.2. The molecular weight excluding hydrogens is 444 g/mol. The van der Waals surface area contributed by atoms with E-state index in [9.17, 15) is 9.59 Å². The van der Waals surface area contributed by atoms with E-state index >= 15 is 0 Å². The average Bonchev–Trinajstić information content (AvgIpc) is 2.81. The molecule has 170 valence electrons. The van der Waals surface area contributed by atoms with Gasteiger partial charge in [0.15, 0.2) is 11.5 Å². The zero-order valence-electron chi connectivity index (χ0n) is 18.2. The molecule has 0 aliphatic carbocycles. The quantitative estimate of drug-likeness (QED) is 0.205. The van der Waals surface area contributed by atoms with Gasteiger partial charge < -0.3 is 14.2 Å². The van der Waals surface area contributed by atoms with Crippen molar-refractivity contribution in [3.8, 4) is 17.2 Å². The van der Waals surface area contributed by atoms with E-state index < -0.39 is 11.9 Å². The maximum absolute atomic E-state index is 12.5. The van der Waals surface area contributed by atoms with Crippen LogP contribution in [0.3, 0.4) is 0 Å². The minimum absolute atomic E-state index is 0.271. The van der Waals surface area contributed by atoms with Crippen molar-refractivity contribution < 1.29 is 23.8 Å². The van der Waals surface area contributed by atoms with E-state index in [0.29, 0.717) is 46.4 Å². The van der Waals surface area contributed by atoms with E-state index in [1.165, 1.54) is 6.21 Å². The normalized spacial score (nSPS) is 10.6. The Bertz CT molecular complexity index is 1150. The van der Waals surface area contributed by atoms with Crippen LogP contribution in [0.2, 0.25) is 5.02 Å². The van der Waals surface area contributed by atoms with Crippen LogP contribution in [0.25, 0.3) is 0 Å². The predicted octanol–water partition coefficient (Wildman–Crippen LogP) is 5.12. The molecule has 0 spiro atoms. The van der Waals surface area contributed by atoms with Crippen molar-refractivity contribution in [3.63, 3.8) is 0 Å². The number of amides is 1. The van der Waals surface area contributed by atoms with Gasteiger partial charge >= 0.3 is 5.97 Å². The van der Waals surface area contributed by atoms with Gasteiger partial charge in [-0.15, -0.1) is 0 Å². The smallest absolute Gasteiger partial charge is 0.343 e. The molecule has 0 atom stereocenters. The fraction of sp³-hybridized carbons (Fsp3) is 0.160. The number of nitrogens with zero attached hydrogens (tertiary/aromatic N) is 1. The van der Waals surface area contributed by atoms with Crippen LogP contribution < -0.4 is 19.6 Å². The fourth-order valence-electron chi connectivity index (χ4n) is 2.84. The van der Waals surface area contributed by atoms with E-state index in [4.69, 9.17) is 25.8 Å². The summed E-state index contributed by atoms with van der Waals surface area (Å²) in [6.45, 7) is 4.62. The molecule has 3 rings (SSSR count). The van der Waals surface area contributed by atoms with Crippen LogP contribution in [0, 0.1) is 0 Å². The Kier molecular flexibility index (Phi) is 8.43. The number of esters is 1. The predicted molar refractivity (Wildman–Crippen MR) is 127 cm³/mol. The van der Waals surface area contributed by atoms with Gasteiger partial charge in [0.1, 0.15) is 5.75 Å². The van der Waals surface area contributed by atoms with Crippen LogP contribution in [0.4, 0.5) is 0 Å². The van der Waals surface area contributed by atoms with Crippen molar-refractivity contribution in [3.05, 3.63) is 88.4 Å². The lowest BCUT2D eigenvalue weighted by molar-refractivity contribution is 0.0728. The van der Waals surface area contributed by atoms with Crippen LogP contribution in [-0.4, -0.2) is 31.3 Å². The highest BCUT2D eigenvalue weighted by Crippen LogP contribution is 2.29. The third-order valence-electron chi connectivity index (χ3n) is 4.37. The summed E-state index contributed by atoms with van der Waals surface area (Å²) in [5.41, 5.74) is 3.77.